The van der Waals surface area contributed by atoms with Gasteiger partial charge in [-0.3, -0.25) is 0 Å². The summed E-state index contributed by atoms with van der Waals surface area (Å²) in [5, 5.41) is 5.31. The van der Waals surface area contributed by atoms with Gasteiger partial charge in [-0.1, -0.05) is 136 Å². The Morgan fingerprint density at radius 2 is 1.02 bits per heavy atom. The van der Waals surface area contributed by atoms with Gasteiger partial charge in [-0.15, -0.1) is 0 Å². The van der Waals surface area contributed by atoms with E-state index in [0.29, 0.717) is 11.8 Å². The molecule has 0 spiro atoms. The predicted octanol–water partition coefficient (Wildman–Crippen LogP) is 16.6. The van der Waals surface area contributed by atoms with Gasteiger partial charge in [0.2, 0.25) is 0 Å². The molecule has 2 heterocycles. The number of rotatable bonds is 6. The predicted molar refractivity (Wildman–Crippen MR) is 263 cm³/mol. The standard InChI is InChI=1S/C59H52N2/c1-9-14-44(15-10-2)60-52-28-26-42(40-22-18-34(3)19-23-40)30-48(52)50-32-46-36(5)37(6)47-33-51-49-31-43(41-24-20-35(4)21-25-41)27-29-53(49)61(45-16-12-11-13-17-45)59(51)55-39(8)38(7)54(58(50)60)56(46)57(47)55/h9-33,36-39H,1H2,2-8H3/b15-10-,44-14+. The molecular formula is C59H52N2. The molecule has 2 heteroatoms. The van der Waals surface area contributed by atoms with Gasteiger partial charge >= 0.3 is 0 Å². The van der Waals surface area contributed by atoms with Crippen LogP contribution in [0.1, 0.15) is 91.7 Å². The summed E-state index contributed by atoms with van der Waals surface area (Å²) in [6.45, 7) is 20.6. The highest BCUT2D eigenvalue weighted by molar-refractivity contribution is 6.18. The molecule has 0 fully saturated rings. The van der Waals surface area contributed by atoms with Crippen molar-refractivity contribution >= 4 is 49.3 Å². The third-order valence-corrected chi connectivity index (χ3v) is 14.5. The molecule has 0 amide bonds. The van der Waals surface area contributed by atoms with Crippen molar-refractivity contribution in [2.75, 3.05) is 0 Å². The third-order valence-electron chi connectivity index (χ3n) is 14.5. The smallest absolute Gasteiger partial charge is 0.0582 e. The van der Waals surface area contributed by atoms with Crippen LogP contribution in [0, 0.1) is 13.8 Å². The number of nitrogens with zero attached hydrogens (tertiary/aromatic N) is 2. The van der Waals surface area contributed by atoms with Gasteiger partial charge in [-0.05, 0) is 161 Å². The van der Waals surface area contributed by atoms with Gasteiger partial charge in [0.05, 0.1) is 22.1 Å². The second-order valence-corrected chi connectivity index (χ2v) is 18.0. The lowest BCUT2D eigenvalue weighted by molar-refractivity contribution is 0.584. The minimum Gasteiger partial charge on any atom is -0.309 e. The summed E-state index contributed by atoms with van der Waals surface area (Å²) in [5.74, 6) is 1.15. The maximum absolute atomic E-state index is 4.19. The second-order valence-electron chi connectivity index (χ2n) is 18.0. The Balaban J connectivity index is 1.29. The zero-order chi connectivity index (χ0) is 41.8. The maximum Gasteiger partial charge on any atom is 0.0582 e. The molecule has 2 nitrogen and oxygen atoms in total. The number of aromatic nitrogens is 2. The van der Waals surface area contributed by atoms with Crippen LogP contribution in [0.25, 0.3) is 88.4 Å². The van der Waals surface area contributed by atoms with Crippen molar-refractivity contribution in [1.29, 1.82) is 0 Å². The van der Waals surface area contributed by atoms with Crippen molar-refractivity contribution < 1.29 is 0 Å². The quantitative estimate of drug-likeness (QED) is 0.149. The summed E-state index contributed by atoms with van der Waals surface area (Å²) in [5.41, 5.74) is 23.9. The van der Waals surface area contributed by atoms with E-state index in [9.17, 15) is 0 Å². The molecule has 2 aliphatic carbocycles. The molecule has 0 saturated carbocycles. The summed E-state index contributed by atoms with van der Waals surface area (Å²) >= 11 is 0. The van der Waals surface area contributed by atoms with Gasteiger partial charge in [0.25, 0.3) is 0 Å². The Kier molecular flexibility index (Phi) is 8.55. The fraction of sp³-hybridized carbons (Fsp3) is 0.186. The first-order chi connectivity index (χ1) is 29.7. The lowest BCUT2D eigenvalue weighted by atomic mass is 9.62. The van der Waals surface area contributed by atoms with Gasteiger partial charge in [-0.25, -0.2) is 0 Å². The number of allylic oxidation sites excluding steroid dienone is 5. The highest BCUT2D eigenvalue weighted by atomic mass is 15.0. The summed E-state index contributed by atoms with van der Waals surface area (Å²) in [6, 6.07) is 48.4. The molecule has 4 atom stereocenters. The summed E-state index contributed by atoms with van der Waals surface area (Å²) in [6.07, 6.45) is 8.51. The first-order valence-corrected chi connectivity index (χ1v) is 22.1. The average molecular weight is 789 g/mol. The maximum atomic E-state index is 4.19. The Hall–Kier alpha value is -6.64. The van der Waals surface area contributed by atoms with E-state index in [0.717, 1.165) is 5.70 Å². The van der Waals surface area contributed by atoms with Crippen molar-refractivity contribution in [2.45, 2.75) is 72.1 Å². The monoisotopic (exact) mass is 788 g/mol. The summed E-state index contributed by atoms with van der Waals surface area (Å²) in [4.78, 5) is 0. The molecule has 11 rings (SSSR count). The third kappa shape index (κ3) is 5.41. The van der Waals surface area contributed by atoms with Crippen LogP contribution in [0.15, 0.2) is 158 Å². The van der Waals surface area contributed by atoms with E-state index < -0.39 is 0 Å². The number of fused-ring (bicyclic) bond motifs is 8. The summed E-state index contributed by atoms with van der Waals surface area (Å²) in [7, 11) is 0. The van der Waals surface area contributed by atoms with Crippen LogP contribution in [-0.2, 0) is 0 Å². The lowest BCUT2D eigenvalue weighted by Gasteiger charge is -2.42. The average Bonchev–Trinajstić information content (AvgIpc) is 3.78. The largest absolute Gasteiger partial charge is 0.309 e. The van der Waals surface area contributed by atoms with Crippen LogP contribution in [0.5, 0.6) is 0 Å². The topological polar surface area (TPSA) is 9.86 Å². The van der Waals surface area contributed by atoms with Crippen LogP contribution < -0.4 is 0 Å². The van der Waals surface area contributed by atoms with Gasteiger partial charge < -0.3 is 9.13 Å². The van der Waals surface area contributed by atoms with Crippen molar-refractivity contribution in [3.63, 3.8) is 0 Å². The molecule has 9 aromatic rings. The van der Waals surface area contributed by atoms with Gasteiger partial charge in [0.15, 0.2) is 0 Å². The minimum absolute atomic E-state index is 0.240. The van der Waals surface area contributed by atoms with Crippen molar-refractivity contribution in [2.24, 2.45) is 0 Å². The number of hydrogen-bond donors (Lipinski definition) is 0. The van der Waals surface area contributed by atoms with Gasteiger partial charge in [0, 0.05) is 32.9 Å². The molecule has 2 aromatic heterocycles. The van der Waals surface area contributed by atoms with Crippen LogP contribution in [0.4, 0.5) is 0 Å². The molecule has 61 heavy (non-hydrogen) atoms. The normalized spacial score (nSPS) is 18.5. The number of aryl methyl sites for hydroxylation is 2. The number of benzene rings is 7. The second kappa shape index (κ2) is 14.0. The van der Waals surface area contributed by atoms with E-state index in [4.69, 9.17) is 0 Å². The first-order valence-electron chi connectivity index (χ1n) is 22.1. The Morgan fingerprint density at radius 1 is 0.525 bits per heavy atom. The Morgan fingerprint density at radius 3 is 1.56 bits per heavy atom. The van der Waals surface area contributed by atoms with E-state index >= 15 is 0 Å². The molecule has 298 valence electrons. The minimum atomic E-state index is 0.240. The fourth-order valence-electron chi connectivity index (χ4n) is 11.1. The van der Waals surface area contributed by atoms with E-state index in [2.05, 4.69) is 210 Å². The molecule has 0 saturated heterocycles. The number of para-hydroxylation sites is 1. The van der Waals surface area contributed by atoms with Crippen LogP contribution in [0.2, 0.25) is 0 Å². The molecule has 4 unspecified atom stereocenters. The Labute approximate surface area is 359 Å². The van der Waals surface area contributed by atoms with Crippen LogP contribution >= 0.6 is 0 Å². The highest BCUT2D eigenvalue weighted by Gasteiger charge is 2.42. The van der Waals surface area contributed by atoms with Crippen LogP contribution in [0.3, 0.4) is 0 Å². The molecule has 0 N–H and O–H groups in total. The fourth-order valence-corrected chi connectivity index (χ4v) is 11.1. The molecule has 0 aliphatic heterocycles. The van der Waals surface area contributed by atoms with Crippen molar-refractivity contribution in [1.82, 2.24) is 9.13 Å². The van der Waals surface area contributed by atoms with Crippen molar-refractivity contribution in [3.8, 4) is 39.1 Å². The number of hydrogen-bond acceptors (Lipinski definition) is 0. The molecule has 0 bridgehead atoms. The van der Waals surface area contributed by atoms with Crippen LogP contribution in [-0.4, -0.2) is 9.13 Å². The summed E-state index contributed by atoms with van der Waals surface area (Å²) < 4.78 is 5.12. The van der Waals surface area contributed by atoms with Gasteiger partial charge in [-0.2, -0.15) is 0 Å². The molecular weight excluding hydrogens is 737 g/mol. The lowest BCUT2D eigenvalue weighted by Crippen LogP contribution is -2.24. The van der Waals surface area contributed by atoms with E-state index in [1.165, 1.54) is 116 Å². The molecule has 0 radical (unpaired) electrons. The molecule has 2 aliphatic rings. The highest BCUT2D eigenvalue weighted by Crippen LogP contribution is 2.61. The molecule has 7 aromatic carbocycles. The van der Waals surface area contributed by atoms with Gasteiger partial charge in [0.1, 0.15) is 0 Å². The van der Waals surface area contributed by atoms with E-state index in [1.807, 2.05) is 6.08 Å². The van der Waals surface area contributed by atoms with E-state index in [1.54, 1.807) is 0 Å². The first kappa shape index (κ1) is 37.4. The van der Waals surface area contributed by atoms with Crippen molar-refractivity contribution in [3.05, 3.63) is 192 Å². The zero-order valence-corrected chi connectivity index (χ0v) is 36.3. The zero-order valence-electron chi connectivity index (χ0n) is 36.3. The van der Waals surface area contributed by atoms with E-state index in [-0.39, 0.29) is 11.8 Å². The SMILES string of the molecule is C=C/C=C(\C=C/C)n1c2ccc(-c3ccc(C)cc3)cc2c2cc3c4c(c21)C(C)C(C)c1c-4c(cc2c4cc(-c5ccc(C)cc5)ccc4n(-c4ccccc4)c12)C(C)C3C. The Bertz CT molecular complexity index is 3330.